The van der Waals surface area contributed by atoms with Crippen molar-refractivity contribution in [3.63, 3.8) is 0 Å². The fourth-order valence-corrected chi connectivity index (χ4v) is 4.47. The molecule has 1 heterocycles. The number of nitrogens with zero attached hydrogens (tertiary/aromatic N) is 2. The fourth-order valence-electron chi connectivity index (χ4n) is 4.47. The van der Waals surface area contributed by atoms with E-state index in [1.807, 2.05) is 84.9 Å². The van der Waals surface area contributed by atoms with E-state index in [9.17, 15) is 5.11 Å². The molecule has 146 valence electrons. The topological polar surface area (TPSA) is 47.3 Å². The molecule has 3 heteroatoms. The van der Waals surface area contributed by atoms with Crippen molar-refractivity contribution >= 4 is 0 Å². The first-order valence-electron chi connectivity index (χ1n) is 10.2. The molecule has 0 unspecified atom stereocenters. The van der Waals surface area contributed by atoms with Crippen LogP contribution in [0.2, 0.25) is 0 Å². The third-order valence-corrected chi connectivity index (χ3v) is 6.10. The van der Waals surface area contributed by atoms with Gasteiger partial charge >= 0.3 is 0 Å². The summed E-state index contributed by atoms with van der Waals surface area (Å²) in [6.07, 6.45) is 1.88. The predicted octanol–water partition coefficient (Wildman–Crippen LogP) is 4.71. The first-order valence-corrected chi connectivity index (χ1v) is 10.2. The van der Waals surface area contributed by atoms with Gasteiger partial charge in [-0.05, 0) is 60.7 Å². The molecule has 0 spiro atoms. The molecule has 0 aromatic heterocycles. The Balaban J connectivity index is 1.50. The fraction of sp³-hybridized carbons (Fsp3) is 0.269. The highest BCUT2D eigenvalue weighted by Gasteiger charge is 2.41. The Hall–Kier alpha value is -2.93. The van der Waals surface area contributed by atoms with Crippen molar-refractivity contribution in [2.45, 2.75) is 25.0 Å². The van der Waals surface area contributed by atoms with E-state index in [2.05, 4.69) is 11.0 Å². The second-order valence-electron chi connectivity index (χ2n) is 7.86. The van der Waals surface area contributed by atoms with Crippen LogP contribution in [0.5, 0.6) is 0 Å². The van der Waals surface area contributed by atoms with Gasteiger partial charge in [-0.25, -0.2) is 0 Å². The summed E-state index contributed by atoms with van der Waals surface area (Å²) in [4.78, 5) is 2.44. The summed E-state index contributed by atoms with van der Waals surface area (Å²) >= 11 is 0. The van der Waals surface area contributed by atoms with Gasteiger partial charge in [0.2, 0.25) is 0 Å². The average molecular weight is 383 g/mol. The molecule has 0 bridgehead atoms. The molecule has 1 N–H and O–H groups in total. The first-order chi connectivity index (χ1) is 14.2. The maximum atomic E-state index is 12.0. The minimum absolute atomic E-state index is 0.171. The second kappa shape index (κ2) is 8.61. The molecule has 1 saturated heterocycles. The highest BCUT2D eigenvalue weighted by atomic mass is 16.3. The molecule has 3 nitrogen and oxygen atoms in total. The maximum Gasteiger partial charge on any atom is 0.117 e. The molecule has 3 aromatic rings. The molecular formula is C26H26N2O. The van der Waals surface area contributed by atoms with Crippen molar-refractivity contribution in [1.29, 1.82) is 5.26 Å². The number of likely N-dealkylation sites (tertiary alicyclic amines) is 1. The molecule has 0 aliphatic carbocycles. The van der Waals surface area contributed by atoms with Crippen LogP contribution in [0.25, 0.3) is 0 Å². The molecule has 0 amide bonds. The zero-order valence-electron chi connectivity index (χ0n) is 16.5. The summed E-state index contributed by atoms with van der Waals surface area (Å²) in [5.41, 5.74) is 2.89. The average Bonchev–Trinajstić information content (AvgIpc) is 2.81. The zero-order chi connectivity index (χ0) is 20.1. The van der Waals surface area contributed by atoms with Crippen LogP contribution in [0.3, 0.4) is 0 Å². The lowest BCUT2D eigenvalue weighted by molar-refractivity contribution is -0.0152. The van der Waals surface area contributed by atoms with Crippen LogP contribution < -0.4 is 0 Å². The Morgan fingerprint density at radius 1 is 0.828 bits per heavy atom. The predicted molar refractivity (Wildman–Crippen MR) is 115 cm³/mol. The van der Waals surface area contributed by atoms with E-state index in [1.54, 1.807) is 0 Å². The molecule has 1 aliphatic heterocycles. The zero-order valence-corrected chi connectivity index (χ0v) is 16.5. The van der Waals surface area contributed by atoms with E-state index in [-0.39, 0.29) is 5.92 Å². The van der Waals surface area contributed by atoms with Gasteiger partial charge in [0.15, 0.2) is 0 Å². The number of nitriles is 1. The van der Waals surface area contributed by atoms with Crippen molar-refractivity contribution in [3.05, 3.63) is 107 Å². The standard InChI is InChI=1S/C26H26N2O/c27-19-21-11-13-22(14-12-21)20-28-17-15-25(16-18-28)26(29,23-7-3-1-4-8-23)24-9-5-2-6-10-24/h1-14,25,29H,15-18,20H2. The molecule has 29 heavy (non-hydrogen) atoms. The minimum atomic E-state index is -0.969. The number of aliphatic hydroxyl groups is 1. The van der Waals surface area contributed by atoms with Crippen LogP contribution in [0, 0.1) is 17.2 Å². The van der Waals surface area contributed by atoms with Gasteiger partial charge in [-0.2, -0.15) is 5.26 Å². The summed E-state index contributed by atoms with van der Waals surface area (Å²) in [5.74, 6) is 0.171. The highest BCUT2D eigenvalue weighted by molar-refractivity contribution is 5.37. The van der Waals surface area contributed by atoms with E-state index < -0.39 is 5.60 Å². The summed E-state index contributed by atoms with van der Waals surface area (Å²) in [6, 6.07) is 30.2. The number of hydrogen-bond acceptors (Lipinski definition) is 3. The second-order valence-corrected chi connectivity index (χ2v) is 7.86. The van der Waals surface area contributed by atoms with Crippen LogP contribution >= 0.6 is 0 Å². The van der Waals surface area contributed by atoms with Gasteiger partial charge in [-0.3, -0.25) is 4.90 Å². The largest absolute Gasteiger partial charge is 0.380 e. The molecule has 4 rings (SSSR count). The van der Waals surface area contributed by atoms with Gasteiger partial charge < -0.3 is 5.11 Å². The third-order valence-electron chi connectivity index (χ3n) is 6.10. The van der Waals surface area contributed by atoms with Crippen LogP contribution in [0.15, 0.2) is 84.9 Å². The Morgan fingerprint density at radius 2 is 1.34 bits per heavy atom. The van der Waals surface area contributed by atoms with Gasteiger partial charge in [0, 0.05) is 6.54 Å². The molecule has 0 radical (unpaired) electrons. The van der Waals surface area contributed by atoms with Crippen molar-refractivity contribution < 1.29 is 5.11 Å². The Bertz CT molecular complexity index is 914. The smallest absolute Gasteiger partial charge is 0.117 e. The number of piperidine rings is 1. The van der Waals surface area contributed by atoms with E-state index in [1.165, 1.54) is 5.56 Å². The van der Waals surface area contributed by atoms with Gasteiger partial charge in [-0.1, -0.05) is 72.8 Å². The van der Waals surface area contributed by atoms with Crippen molar-refractivity contribution in [2.24, 2.45) is 5.92 Å². The summed E-state index contributed by atoms with van der Waals surface area (Å²) in [5, 5.41) is 20.9. The summed E-state index contributed by atoms with van der Waals surface area (Å²) in [6.45, 7) is 2.78. The van der Waals surface area contributed by atoms with E-state index in [0.717, 1.165) is 43.6 Å². The lowest BCUT2D eigenvalue weighted by Gasteiger charge is -2.42. The van der Waals surface area contributed by atoms with E-state index in [4.69, 9.17) is 5.26 Å². The first kappa shape index (κ1) is 19.4. The Morgan fingerprint density at radius 3 is 1.83 bits per heavy atom. The van der Waals surface area contributed by atoms with Gasteiger partial charge in [0.1, 0.15) is 5.60 Å². The van der Waals surface area contributed by atoms with Gasteiger partial charge in [0.05, 0.1) is 11.6 Å². The number of benzene rings is 3. The summed E-state index contributed by atoms with van der Waals surface area (Å²) < 4.78 is 0. The van der Waals surface area contributed by atoms with E-state index >= 15 is 0 Å². The lowest BCUT2D eigenvalue weighted by atomic mass is 9.72. The lowest BCUT2D eigenvalue weighted by Crippen LogP contribution is -2.44. The molecule has 1 aliphatic rings. The molecule has 0 saturated carbocycles. The van der Waals surface area contributed by atoms with Gasteiger partial charge in [-0.15, -0.1) is 0 Å². The molecule has 1 fully saturated rings. The van der Waals surface area contributed by atoms with Crippen LogP contribution in [0.4, 0.5) is 0 Å². The maximum absolute atomic E-state index is 12.0. The Kier molecular flexibility index (Phi) is 5.76. The minimum Gasteiger partial charge on any atom is -0.380 e. The summed E-state index contributed by atoms with van der Waals surface area (Å²) in [7, 11) is 0. The molecular weight excluding hydrogens is 356 g/mol. The molecule has 3 aromatic carbocycles. The number of hydrogen-bond donors (Lipinski definition) is 1. The molecule has 0 atom stereocenters. The normalized spacial score (nSPS) is 15.7. The quantitative estimate of drug-likeness (QED) is 0.695. The van der Waals surface area contributed by atoms with Crippen molar-refractivity contribution in [3.8, 4) is 6.07 Å². The Labute approximate surface area is 172 Å². The van der Waals surface area contributed by atoms with Crippen LogP contribution in [0.1, 0.15) is 35.1 Å². The van der Waals surface area contributed by atoms with Crippen LogP contribution in [-0.4, -0.2) is 23.1 Å². The van der Waals surface area contributed by atoms with Crippen molar-refractivity contribution in [2.75, 3.05) is 13.1 Å². The SMILES string of the molecule is N#Cc1ccc(CN2CCC(C(O)(c3ccccc3)c3ccccc3)CC2)cc1. The monoisotopic (exact) mass is 382 g/mol. The highest BCUT2D eigenvalue weighted by Crippen LogP contribution is 2.42. The number of rotatable bonds is 5. The van der Waals surface area contributed by atoms with E-state index in [0.29, 0.717) is 5.56 Å². The van der Waals surface area contributed by atoms with Crippen molar-refractivity contribution in [1.82, 2.24) is 4.90 Å². The third kappa shape index (κ3) is 4.10. The van der Waals surface area contributed by atoms with Gasteiger partial charge in [0.25, 0.3) is 0 Å². The van der Waals surface area contributed by atoms with Crippen LogP contribution in [-0.2, 0) is 12.1 Å².